The third-order valence-electron chi connectivity index (χ3n) is 2.55. The zero-order chi connectivity index (χ0) is 13.3. The van der Waals surface area contributed by atoms with Crippen LogP contribution in [0.15, 0.2) is 0 Å². The molecule has 0 fully saturated rings. The van der Waals surface area contributed by atoms with Gasteiger partial charge >= 0.3 is 0 Å². The maximum Gasteiger partial charge on any atom is 0.244 e. The Kier molecular flexibility index (Phi) is 10.3. The fourth-order valence-electron chi connectivity index (χ4n) is 1.57. The fourth-order valence-corrected chi connectivity index (χ4v) is 4.59. The highest BCUT2D eigenvalue weighted by Crippen LogP contribution is 2.56. The quantitative estimate of drug-likeness (QED) is 0.434. The average Bonchev–Trinajstić information content (AvgIpc) is 2.22. The normalized spacial score (nSPS) is 18.6. The molecule has 2 atom stereocenters. The summed E-state index contributed by atoms with van der Waals surface area (Å²) in [6, 6.07) is 0. The van der Waals surface area contributed by atoms with Gasteiger partial charge in [-0.25, -0.2) is 0 Å². The van der Waals surface area contributed by atoms with E-state index in [2.05, 4.69) is 26.1 Å². The molecule has 2 unspecified atom stereocenters. The van der Waals surface area contributed by atoms with Gasteiger partial charge in [0.25, 0.3) is 0 Å². The van der Waals surface area contributed by atoms with Gasteiger partial charge in [0.15, 0.2) is 0 Å². The predicted octanol–water partition coefficient (Wildman–Crippen LogP) is 5.33. The lowest BCUT2D eigenvalue weighted by atomic mass is 10.2. The van der Waals surface area contributed by atoms with Crippen LogP contribution < -0.4 is 0 Å². The highest BCUT2D eigenvalue weighted by molar-refractivity contribution is 8.60. The minimum atomic E-state index is -2.36. The first-order valence-corrected chi connectivity index (χ1v) is 10.4. The largest absolute Gasteiger partial charge is 0.319 e. The molecule has 0 saturated carbocycles. The first-order valence-electron chi connectivity index (χ1n) is 6.60. The molecule has 0 rings (SSSR count). The zero-order valence-electron chi connectivity index (χ0n) is 11.5. The van der Waals surface area contributed by atoms with Gasteiger partial charge in [0.1, 0.15) is 0 Å². The summed E-state index contributed by atoms with van der Waals surface area (Å²) in [5, 5.41) is 0. The van der Waals surface area contributed by atoms with E-state index in [9.17, 15) is 0 Å². The highest BCUT2D eigenvalue weighted by Gasteiger charge is 2.20. The van der Waals surface area contributed by atoms with E-state index in [1.807, 2.05) is 13.8 Å². The van der Waals surface area contributed by atoms with Crippen molar-refractivity contribution in [1.29, 1.82) is 0 Å². The molecule has 17 heavy (non-hydrogen) atoms. The van der Waals surface area contributed by atoms with Crippen LogP contribution in [-0.2, 0) is 20.9 Å². The molecule has 0 aliphatic carbocycles. The second-order valence-electron chi connectivity index (χ2n) is 4.59. The molecule has 0 N–H and O–H groups in total. The van der Waals surface area contributed by atoms with E-state index in [0.717, 1.165) is 25.7 Å². The Morgan fingerprint density at radius 3 is 1.65 bits per heavy atom. The molecular weight excluding hydrogens is 271 g/mol. The van der Waals surface area contributed by atoms with Gasteiger partial charge < -0.3 is 9.05 Å². The predicted molar refractivity (Wildman–Crippen MR) is 83.4 cm³/mol. The molecule has 0 amide bonds. The van der Waals surface area contributed by atoms with Crippen molar-refractivity contribution in [3.8, 4) is 0 Å². The molecule has 0 bridgehead atoms. The van der Waals surface area contributed by atoms with Crippen LogP contribution in [0.1, 0.15) is 66.2 Å². The van der Waals surface area contributed by atoms with E-state index in [1.54, 1.807) is 0 Å². The molecule has 0 radical (unpaired) electrons. The lowest BCUT2D eigenvalue weighted by Crippen LogP contribution is -2.10. The van der Waals surface area contributed by atoms with Gasteiger partial charge in [-0.15, -0.1) is 0 Å². The lowest BCUT2D eigenvalue weighted by Gasteiger charge is -2.24. The van der Waals surface area contributed by atoms with E-state index < -0.39 is 5.69 Å². The Morgan fingerprint density at radius 1 is 1.00 bits per heavy atom. The van der Waals surface area contributed by atoms with Crippen LogP contribution in [0.4, 0.5) is 0 Å². The number of hydrogen-bond acceptors (Lipinski definition) is 3. The van der Waals surface area contributed by atoms with Crippen molar-refractivity contribution >= 4 is 29.7 Å². The monoisotopic (exact) mass is 298 g/mol. The summed E-state index contributed by atoms with van der Waals surface area (Å²) < 4.78 is 11.5. The second-order valence-corrected chi connectivity index (χ2v) is 9.78. The van der Waals surface area contributed by atoms with Gasteiger partial charge in [0.05, 0.1) is 12.2 Å². The first kappa shape index (κ1) is 17.9. The molecule has 5 heteroatoms. The van der Waals surface area contributed by atoms with Crippen molar-refractivity contribution in [2.75, 3.05) is 0 Å². The Morgan fingerprint density at radius 2 is 1.35 bits per heavy atom. The van der Waals surface area contributed by atoms with Gasteiger partial charge in [-0.05, 0) is 38.5 Å². The van der Waals surface area contributed by atoms with E-state index in [4.69, 9.17) is 20.9 Å². The van der Waals surface area contributed by atoms with Gasteiger partial charge in [-0.3, -0.25) is 0 Å². The van der Waals surface area contributed by atoms with Gasteiger partial charge in [-0.1, -0.05) is 51.8 Å². The summed E-state index contributed by atoms with van der Waals surface area (Å²) in [7, 11) is 0. The van der Waals surface area contributed by atoms with E-state index in [0.29, 0.717) is 0 Å². The number of rotatable bonds is 10. The van der Waals surface area contributed by atoms with Crippen LogP contribution in [0.3, 0.4) is 0 Å². The Balaban J connectivity index is 3.96. The number of hydrogen-bond donors (Lipinski definition) is 1. The minimum Gasteiger partial charge on any atom is -0.319 e. The highest BCUT2D eigenvalue weighted by atomic mass is 32.9. The number of thiol groups is 1. The Bertz CT molecular complexity index is 217. The molecule has 0 spiro atoms. The third-order valence-corrected chi connectivity index (χ3v) is 4.89. The standard InChI is InChI=1S/C12H27O2PS2/c1-5-7-9-11(3)13-15(16,17)14-12(4)10-8-6-2/h11-12H,5-10H2,1-4H3,(H,16,17). The van der Waals surface area contributed by atoms with Crippen LogP contribution in [0.5, 0.6) is 0 Å². The smallest absolute Gasteiger partial charge is 0.244 e. The third kappa shape index (κ3) is 10.5. The summed E-state index contributed by atoms with van der Waals surface area (Å²) in [6.45, 7) is 8.44. The number of unbranched alkanes of at least 4 members (excludes halogenated alkanes) is 2. The van der Waals surface area contributed by atoms with Crippen LogP contribution in [0.2, 0.25) is 0 Å². The second kappa shape index (κ2) is 9.80. The molecule has 0 aromatic rings. The summed E-state index contributed by atoms with van der Waals surface area (Å²) in [4.78, 5) is 0. The topological polar surface area (TPSA) is 18.5 Å². The fraction of sp³-hybridized carbons (Fsp3) is 1.00. The van der Waals surface area contributed by atoms with Crippen LogP contribution in [0, 0.1) is 0 Å². The van der Waals surface area contributed by atoms with Gasteiger partial charge in [0.2, 0.25) is 5.69 Å². The van der Waals surface area contributed by atoms with Crippen molar-refractivity contribution in [3.63, 3.8) is 0 Å². The maximum atomic E-state index is 5.76. The molecule has 0 aliphatic rings. The van der Waals surface area contributed by atoms with Crippen molar-refractivity contribution in [1.82, 2.24) is 0 Å². The first-order chi connectivity index (χ1) is 7.91. The van der Waals surface area contributed by atoms with Crippen molar-refractivity contribution in [2.24, 2.45) is 0 Å². The van der Waals surface area contributed by atoms with Crippen molar-refractivity contribution in [2.45, 2.75) is 78.4 Å². The molecule has 2 nitrogen and oxygen atoms in total. The molecule has 104 valence electrons. The average molecular weight is 298 g/mol. The summed E-state index contributed by atoms with van der Waals surface area (Å²) in [6.07, 6.45) is 7.04. The Hall–Kier alpha value is 0.920. The van der Waals surface area contributed by atoms with Gasteiger partial charge in [-0.2, -0.15) is 0 Å². The SMILES string of the molecule is CCCCC(C)OP(=S)(S)OC(C)CCCC. The summed E-state index contributed by atoms with van der Waals surface area (Å²) >= 11 is 9.72. The van der Waals surface area contributed by atoms with E-state index >= 15 is 0 Å². The van der Waals surface area contributed by atoms with Crippen LogP contribution >= 0.6 is 17.9 Å². The minimum absolute atomic E-state index is 0.150. The zero-order valence-corrected chi connectivity index (χ0v) is 14.1. The van der Waals surface area contributed by atoms with Crippen LogP contribution in [-0.4, -0.2) is 12.2 Å². The lowest BCUT2D eigenvalue weighted by molar-refractivity contribution is 0.155. The molecule has 0 aliphatic heterocycles. The van der Waals surface area contributed by atoms with Crippen LogP contribution in [0.25, 0.3) is 0 Å². The molecule has 0 aromatic carbocycles. The van der Waals surface area contributed by atoms with Gasteiger partial charge in [0, 0.05) is 0 Å². The van der Waals surface area contributed by atoms with Crippen molar-refractivity contribution < 1.29 is 9.05 Å². The molecule has 0 heterocycles. The Labute approximate surface area is 117 Å². The summed E-state index contributed by atoms with van der Waals surface area (Å²) in [5.41, 5.74) is -2.36. The van der Waals surface area contributed by atoms with E-state index in [-0.39, 0.29) is 12.2 Å². The molecule has 0 aromatic heterocycles. The molecule has 0 saturated heterocycles. The van der Waals surface area contributed by atoms with E-state index in [1.165, 1.54) is 12.8 Å². The maximum absolute atomic E-state index is 5.76. The molecular formula is C12H27O2PS2. The summed E-state index contributed by atoms with van der Waals surface area (Å²) in [5.74, 6) is 0. The van der Waals surface area contributed by atoms with Crippen molar-refractivity contribution in [3.05, 3.63) is 0 Å².